The van der Waals surface area contributed by atoms with Gasteiger partial charge in [0.1, 0.15) is 5.75 Å². The predicted molar refractivity (Wildman–Crippen MR) is 115 cm³/mol. The minimum atomic E-state index is 0.00523. The second-order valence-corrected chi connectivity index (χ2v) is 6.84. The number of allylic oxidation sites excluding steroid dienone is 1. The number of methoxy groups -OCH3 is 3. The molecule has 154 valence electrons. The van der Waals surface area contributed by atoms with E-state index in [2.05, 4.69) is 11.5 Å². The molecule has 1 fully saturated rings. The van der Waals surface area contributed by atoms with E-state index in [0.717, 1.165) is 30.1 Å². The van der Waals surface area contributed by atoms with Crippen LogP contribution in [0.3, 0.4) is 0 Å². The summed E-state index contributed by atoms with van der Waals surface area (Å²) in [5.41, 5.74) is 2.64. The van der Waals surface area contributed by atoms with E-state index < -0.39 is 0 Å². The molecule has 0 bridgehead atoms. The highest BCUT2D eigenvalue weighted by atomic mass is 16.5. The molecule has 1 aliphatic rings. The smallest absolute Gasteiger partial charge is 0.254 e. The molecule has 29 heavy (non-hydrogen) atoms. The van der Waals surface area contributed by atoms with Gasteiger partial charge in [-0.3, -0.25) is 4.79 Å². The zero-order valence-corrected chi connectivity index (χ0v) is 17.3. The molecule has 2 aromatic carbocycles. The number of hydrogen-bond donors (Lipinski definition) is 0. The molecule has 1 heterocycles. The molecule has 6 nitrogen and oxygen atoms in total. The summed E-state index contributed by atoms with van der Waals surface area (Å²) >= 11 is 0. The Bertz CT molecular complexity index is 856. The topological polar surface area (TPSA) is 51.2 Å². The summed E-state index contributed by atoms with van der Waals surface area (Å²) in [4.78, 5) is 17.3. The zero-order chi connectivity index (χ0) is 20.8. The van der Waals surface area contributed by atoms with Crippen LogP contribution in [0.2, 0.25) is 0 Å². The van der Waals surface area contributed by atoms with Crippen LogP contribution in [0.25, 0.3) is 0 Å². The van der Waals surface area contributed by atoms with Crippen molar-refractivity contribution < 1.29 is 19.0 Å². The van der Waals surface area contributed by atoms with Gasteiger partial charge in [0.15, 0.2) is 11.5 Å². The highest BCUT2D eigenvalue weighted by Crippen LogP contribution is 2.33. The first kappa shape index (κ1) is 20.6. The number of nitrogens with zero attached hydrogens (tertiary/aromatic N) is 2. The van der Waals surface area contributed by atoms with Gasteiger partial charge in [-0.25, -0.2) is 0 Å². The maximum absolute atomic E-state index is 13.1. The van der Waals surface area contributed by atoms with Crippen LogP contribution in [0, 0.1) is 0 Å². The van der Waals surface area contributed by atoms with E-state index in [1.165, 1.54) is 0 Å². The number of ether oxygens (including phenoxy) is 3. The number of amides is 1. The van der Waals surface area contributed by atoms with Crippen molar-refractivity contribution in [2.75, 3.05) is 52.4 Å². The lowest BCUT2D eigenvalue weighted by Crippen LogP contribution is -2.48. The molecule has 0 aliphatic carbocycles. The summed E-state index contributed by atoms with van der Waals surface area (Å²) in [6.45, 7) is 6.68. The largest absolute Gasteiger partial charge is 0.497 e. The molecular formula is C23H28N2O4. The fourth-order valence-corrected chi connectivity index (χ4v) is 3.62. The minimum Gasteiger partial charge on any atom is -0.497 e. The number of carbonyl (C=O) groups is 1. The van der Waals surface area contributed by atoms with Crippen molar-refractivity contribution >= 4 is 11.6 Å². The summed E-state index contributed by atoms with van der Waals surface area (Å²) in [6.07, 6.45) is 2.39. The van der Waals surface area contributed by atoms with Crippen LogP contribution < -0.4 is 19.1 Å². The van der Waals surface area contributed by atoms with Crippen LogP contribution in [0.15, 0.2) is 49.1 Å². The van der Waals surface area contributed by atoms with Gasteiger partial charge in [0.2, 0.25) is 0 Å². The van der Waals surface area contributed by atoms with Gasteiger partial charge in [-0.05, 0) is 42.8 Å². The first-order valence-corrected chi connectivity index (χ1v) is 9.65. The molecule has 1 saturated heterocycles. The number of anilines is 1. The van der Waals surface area contributed by atoms with E-state index in [1.807, 2.05) is 35.2 Å². The Morgan fingerprint density at radius 1 is 1.00 bits per heavy atom. The van der Waals surface area contributed by atoms with E-state index in [9.17, 15) is 4.79 Å². The molecule has 0 unspecified atom stereocenters. The Balaban J connectivity index is 1.73. The molecule has 0 spiro atoms. The van der Waals surface area contributed by atoms with Crippen molar-refractivity contribution in [1.29, 1.82) is 0 Å². The Hall–Kier alpha value is -3.15. The molecule has 0 radical (unpaired) electrons. The standard InChI is InChI=1S/C23H28N2O4/c1-5-6-17-15-18(16-21(28-3)22(17)29-4)23(26)25-13-11-24(12-14-25)19-7-9-20(27-2)10-8-19/h5,7-10,15-16H,1,6,11-14H2,2-4H3. The van der Waals surface area contributed by atoms with Crippen LogP contribution in [0.4, 0.5) is 5.69 Å². The van der Waals surface area contributed by atoms with Gasteiger partial charge in [-0.2, -0.15) is 0 Å². The number of carbonyl (C=O) groups excluding carboxylic acids is 1. The Morgan fingerprint density at radius 2 is 1.69 bits per heavy atom. The van der Waals surface area contributed by atoms with Gasteiger partial charge in [0, 0.05) is 43.0 Å². The molecule has 2 aromatic rings. The van der Waals surface area contributed by atoms with E-state index in [0.29, 0.717) is 36.6 Å². The molecule has 0 saturated carbocycles. The van der Waals surface area contributed by atoms with Crippen molar-refractivity contribution in [1.82, 2.24) is 4.90 Å². The second-order valence-electron chi connectivity index (χ2n) is 6.84. The predicted octanol–water partition coefficient (Wildman–Crippen LogP) is 3.40. The normalized spacial score (nSPS) is 13.8. The third kappa shape index (κ3) is 4.47. The Labute approximate surface area is 172 Å². The first-order valence-electron chi connectivity index (χ1n) is 9.65. The van der Waals surface area contributed by atoms with Crippen LogP contribution in [-0.2, 0) is 6.42 Å². The van der Waals surface area contributed by atoms with Crippen molar-refractivity contribution in [3.8, 4) is 17.2 Å². The van der Waals surface area contributed by atoms with E-state index in [1.54, 1.807) is 33.5 Å². The van der Waals surface area contributed by atoms with E-state index in [4.69, 9.17) is 14.2 Å². The fraction of sp³-hybridized carbons (Fsp3) is 0.348. The van der Waals surface area contributed by atoms with Gasteiger partial charge in [-0.15, -0.1) is 6.58 Å². The van der Waals surface area contributed by atoms with Crippen LogP contribution >= 0.6 is 0 Å². The highest BCUT2D eigenvalue weighted by Gasteiger charge is 2.24. The molecule has 6 heteroatoms. The lowest BCUT2D eigenvalue weighted by Gasteiger charge is -2.36. The average molecular weight is 396 g/mol. The quantitative estimate of drug-likeness (QED) is 0.672. The van der Waals surface area contributed by atoms with E-state index in [-0.39, 0.29) is 5.91 Å². The molecule has 0 aromatic heterocycles. The second kappa shape index (κ2) is 9.37. The lowest BCUT2D eigenvalue weighted by atomic mass is 10.0. The van der Waals surface area contributed by atoms with Crippen molar-refractivity contribution in [2.24, 2.45) is 0 Å². The van der Waals surface area contributed by atoms with Crippen LogP contribution in [0.1, 0.15) is 15.9 Å². The lowest BCUT2D eigenvalue weighted by molar-refractivity contribution is 0.0746. The molecular weight excluding hydrogens is 368 g/mol. The number of rotatable bonds is 7. The molecule has 0 atom stereocenters. The van der Waals surface area contributed by atoms with Crippen LogP contribution in [-0.4, -0.2) is 58.3 Å². The summed E-state index contributed by atoms with van der Waals surface area (Å²) in [5, 5.41) is 0. The van der Waals surface area contributed by atoms with Gasteiger partial charge < -0.3 is 24.0 Å². The average Bonchev–Trinajstić information content (AvgIpc) is 2.78. The van der Waals surface area contributed by atoms with Gasteiger partial charge in [0.25, 0.3) is 5.91 Å². The fourth-order valence-electron chi connectivity index (χ4n) is 3.62. The Morgan fingerprint density at radius 3 is 2.24 bits per heavy atom. The number of benzene rings is 2. The van der Waals surface area contributed by atoms with Gasteiger partial charge in [0.05, 0.1) is 21.3 Å². The van der Waals surface area contributed by atoms with Crippen molar-refractivity contribution in [2.45, 2.75) is 6.42 Å². The summed E-state index contributed by atoms with van der Waals surface area (Å²) < 4.78 is 16.1. The maximum atomic E-state index is 13.1. The third-order valence-electron chi connectivity index (χ3n) is 5.17. The van der Waals surface area contributed by atoms with Crippen LogP contribution in [0.5, 0.6) is 17.2 Å². The molecule has 1 aliphatic heterocycles. The SMILES string of the molecule is C=CCc1cc(C(=O)N2CCN(c3ccc(OC)cc3)CC2)cc(OC)c1OC. The Kier molecular flexibility index (Phi) is 6.65. The molecule has 3 rings (SSSR count). The minimum absolute atomic E-state index is 0.00523. The van der Waals surface area contributed by atoms with Gasteiger partial charge in [-0.1, -0.05) is 6.08 Å². The molecule has 0 N–H and O–H groups in total. The summed E-state index contributed by atoms with van der Waals surface area (Å²) in [6, 6.07) is 11.6. The monoisotopic (exact) mass is 396 g/mol. The van der Waals surface area contributed by atoms with Crippen molar-refractivity contribution in [3.63, 3.8) is 0 Å². The molecule has 1 amide bonds. The zero-order valence-electron chi connectivity index (χ0n) is 17.3. The maximum Gasteiger partial charge on any atom is 0.254 e. The third-order valence-corrected chi connectivity index (χ3v) is 5.17. The number of hydrogen-bond acceptors (Lipinski definition) is 5. The van der Waals surface area contributed by atoms with E-state index >= 15 is 0 Å². The summed E-state index contributed by atoms with van der Waals surface area (Å²) in [7, 11) is 4.84. The highest BCUT2D eigenvalue weighted by molar-refractivity contribution is 5.95. The van der Waals surface area contributed by atoms with Crippen molar-refractivity contribution in [3.05, 3.63) is 60.2 Å². The first-order chi connectivity index (χ1) is 14.1. The van der Waals surface area contributed by atoms with Gasteiger partial charge >= 0.3 is 0 Å². The number of piperazine rings is 1. The summed E-state index contributed by atoms with van der Waals surface area (Å²) in [5.74, 6) is 2.05.